The van der Waals surface area contributed by atoms with Crippen LogP contribution in [0.25, 0.3) is 0 Å². The average Bonchev–Trinajstić information content (AvgIpc) is 2.69. The molecular weight excluding hydrogens is 322 g/mol. The molecule has 0 aliphatic heterocycles. The fraction of sp³-hybridized carbons (Fsp3) is 0.364. The minimum atomic E-state index is -0.0705. The van der Waals surface area contributed by atoms with Crippen LogP contribution >= 0.6 is 0 Å². The van der Waals surface area contributed by atoms with Crippen LogP contribution in [0.5, 0.6) is 0 Å². The normalized spacial score (nSPS) is 13.8. The molecule has 26 heavy (non-hydrogen) atoms. The molecule has 4 nitrogen and oxygen atoms in total. The monoisotopic (exact) mass is 349 g/mol. The number of rotatable bonds is 7. The van der Waals surface area contributed by atoms with Crippen molar-refractivity contribution in [3.63, 3.8) is 0 Å². The van der Waals surface area contributed by atoms with E-state index < -0.39 is 0 Å². The van der Waals surface area contributed by atoms with E-state index in [1.165, 1.54) is 36.8 Å². The minimum Gasteiger partial charge on any atom is -0.354 e. The number of aromatic nitrogens is 1. The van der Waals surface area contributed by atoms with Gasteiger partial charge >= 0.3 is 0 Å². The van der Waals surface area contributed by atoms with E-state index in [1.54, 1.807) is 12.4 Å². The van der Waals surface area contributed by atoms with Crippen LogP contribution in [0.15, 0.2) is 54.4 Å². The number of nitrogens with one attached hydrogen (secondary N) is 2. The van der Waals surface area contributed by atoms with E-state index in [2.05, 4.69) is 40.8 Å². The number of carbonyl (C=O) groups excluding carboxylic acids is 1. The summed E-state index contributed by atoms with van der Waals surface area (Å²) in [6, 6.07) is 10.1. The van der Waals surface area contributed by atoms with E-state index in [1.807, 2.05) is 18.2 Å². The summed E-state index contributed by atoms with van der Waals surface area (Å²) in [7, 11) is 0. The van der Waals surface area contributed by atoms with Gasteiger partial charge in [-0.15, -0.1) is 0 Å². The molecule has 2 aromatic rings. The fourth-order valence-corrected chi connectivity index (χ4v) is 3.19. The molecule has 0 saturated carbocycles. The number of carbonyl (C=O) groups is 1. The lowest BCUT2D eigenvalue weighted by molar-refractivity contribution is 0.0953. The zero-order chi connectivity index (χ0) is 18.2. The molecule has 1 aromatic heterocycles. The van der Waals surface area contributed by atoms with Crippen molar-refractivity contribution in [2.45, 2.75) is 45.4 Å². The van der Waals surface area contributed by atoms with Gasteiger partial charge in [0.25, 0.3) is 5.91 Å². The number of nitrogens with zero attached hydrogens (tertiary/aromatic N) is 1. The highest BCUT2D eigenvalue weighted by atomic mass is 16.1. The third kappa shape index (κ3) is 5.19. The molecule has 0 atom stereocenters. The van der Waals surface area contributed by atoms with Crippen LogP contribution in [0.1, 0.15) is 54.9 Å². The highest BCUT2D eigenvalue weighted by Gasteiger charge is 2.08. The largest absolute Gasteiger partial charge is 0.354 e. The van der Waals surface area contributed by atoms with Crippen LogP contribution in [-0.2, 0) is 6.42 Å². The van der Waals surface area contributed by atoms with E-state index in [9.17, 15) is 4.79 Å². The summed E-state index contributed by atoms with van der Waals surface area (Å²) in [6.07, 6.45) is 12.6. The molecule has 136 valence electrons. The van der Waals surface area contributed by atoms with Gasteiger partial charge in [-0.05, 0) is 62.3 Å². The van der Waals surface area contributed by atoms with Crippen LogP contribution in [0, 0.1) is 0 Å². The van der Waals surface area contributed by atoms with Gasteiger partial charge in [-0.25, -0.2) is 0 Å². The quantitative estimate of drug-likeness (QED) is 0.691. The van der Waals surface area contributed by atoms with Gasteiger partial charge in [0.15, 0.2) is 0 Å². The Morgan fingerprint density at radius 2 is 1.96 bits per heavy atom. The maximum absolute atomic E-state index is 12.4. The topological polar surface area (TPSA) is 54.0 Å². The first kappa shape index (κ1) is 18.2. The molecule has 0 saturated heterocycles. The summed E-state index contributed by atoms with van der Waals surface area (Å²) in [5, 5.41) is 6.31. The summed E-state index contributed by atoms with van der Waals surface area (Å²) in [6.45, 7) is 2.82. The van der Waals surface area contributed by atoms with Crippen molar-refractivity contribution in [3.05, 3.63) is 65.5 Å². The number of anilines is 2. The van der Waals surface area contributed by atoms with Crippen LogP contribution in [-0.4, -0.2) is 17.4 Å². The molecule has 3 rings (SSSR count). The van der Waals surface area contributed by atoms with Crippen LogP contribution in [0.3, 0.4) is 0 Å². The van der Waals surface area contributed by atoms with Gasteiger partial charge in [-0.2, -0.15) is 0 Å². The number of benzene rings is 1. The van der Waals surface area contributed by atoms with E-state index in [0.29, 0.717) is 12.1 Å². The van der Waals surface area contributed by atoms with E-state index >= 15 is 0 Å². The van der Waals surface area contributed by atoms with E-state index in [-0.39, 0.29) is 5.91 Å². The van der Waals surface area contributed by atoms with Gasteiger partial charge in [0.05, 0.1) is 17.4 Å². The number of allylic oxidation sites excluding steroid dienone is 1. The molecule has 0 unspecified atom stereocenters. The average molecular weight is 349 g/mol. The van der Waals surface area contributed by atoms with Crippen molar-refractivity contribution in [2.75, 3.05) is 11.9 Å². The van der Waals surface area contributed by atoms with Crippen LogP contribution in [0.2, 0.25) is 0 Å². The lowest BCUT2D eigenvalue weighted by Crippen LogP contribution is -2.25. The third-order valence-electron chi connectivity index (χ3n) is 4.77. The summed E-state index contributed by atoms with van der Waals surface area (Å²) in [5.74, 6) is -0.0705. The number of pyridine rings is 1. The van der Waals surface area contributed by atoms with Crippen molar-refractivity contribution < 1.29 is 4.79 Å². The highest BCUT2D eigenvalue weighted by molar-refractivity contribution is 5.94. The number of amides is 1. The molecule has 0 radical (unpaired) electrons. The van der Waals surface area contributed by atoms with Crippen LogP contribution in [0.4, 0.5) is 11.4 Å². The SMILES string of the molecule is CCc1ccc(Nc2cncc(C(=O)NCCC3=CCCCC3)c2)cc1. The Kier molecular flexibility index (Phi) is 6.42. The first-order valence-corrected chi connectivity index (χ1v) is 9.51. The molecule has 0 fully saturated rings. The lowest BCUT2D eigenvalue weighted by Gasteiger charge is -2.13. The Morgan fingerprint density at radius 1 is 1.12 bits per heavy atom. The maximum Gasteiger partial charge on any atom is 0.252 e. The molecule has 2 N–H and O–H groups in total. The molecule has 0 bridgehead atoms. The van der Waals surface area contributed by atoms with Crippen molar-refractivity contribution in [3.8, 4) is 0 Å². The van der Waals surface area contributed by atoms with E-state index in [0.717, 1.165) is 24.2 Å². The maximum atomic E-state index is 12.4. The van der Waals surface area contributed by atoms with Gasteiger partial charge in [-0.1, -0.05) is 30.7 Å². The zero-order valence-electron chi connectivity index (χ0n) is 15.4. The summed E-state index contributed by atoms with van der Waals surface area (Å²) < 4.78 is 0. The second-order valence-electron chi connectivity index (χ2n) is 6.75. The first-order chi connectivity index (χ1) is 12.7. The third-order valence-corrected chi connectivity index (χ3v) is 4.77. The number of aryl methyl sites for hydroxylation is 1. The highest BCUT2D eigenvalue weighted by Crippen LogP contribution is 2.20. The predicted molar refractivity (Wildman–Crippen MR) is 107 cm³/mol. The van der Waals surface area contributed by atoms with Gasteiger partial charge in [-0.3, -0.25) is 9.78 Å². The van der Waals surface area contributed by atoms with Crippen molar-refractivity contribution in [1.82, 2.24) is 10.3 Å². The van der Waals surface area contributed by atoms with Gasteiger partial charge in [0.2, 0.25) is 0 Å². The lowest BCUT2D eigenvalue weighted by atomic mass is 9.97. The fourth-order valence-electron chi connectivity index (χ4n) is 3.19. The van der Waals surface area contributed by atoms with E-state index in [4.69, 9.17) is 0 Å². The Hall–Kier alpha value is -2.62. The number of hydrogen-bond donors (Lipinski definition) is 2. The van der Waals surface area contributed by atoms with Gasteiger partial charge in [0, 0.05) is 18.4 Å². The molecule has 1 amide bonds. The minimum absolute atomic E-state index is 0.0705. The van der Waals surface area contributed by atoms with Gasteiger partial charge < -0.3 is 10.6 Å². The zero-order valence-corrected chi connectivity index (χ0v) is 15.4. The molecule has 0 spiro atoms. The molecule has 1 heterocycles. The van der Waals surface area contributed by atoms with Gasteiger partial charge in [0.1, 0.15) is 0 Å². The summed E-state index contributed by atoms with van der Waals surface area (Å²) in [4.78, 5) is 16.6. The Labute approximate surface area is 155 Å². The molecule has 1 aliphatic carbocycles. The van der Waals surface area contributed by atoms with Crippen molar-refractivity contribution in [1.29, 1.82) is 0 Å². The summed E-state index contributed by atoms with van der Waals surface area (Å²) >= 11 is 0. The summed E-state index contributed by atoms with van der Waals surface area (Å²) in [5.41, 5.74) is 5.16. The first-order valence-electron chi connectivity index (χ1n) is 9.51. The van der Waals surface area contributed by atoms with Crippen molar-refractivity contribution in [2.24, 2.45) is 0 Å². The Morgan fingerprint density at radius 3 is 2.69 bits per heavy atom. The predicted octanol–water partition coefficient (Wildman–Crippen LogP) is 5.01. The standard InChI is InChI=1S/C22H27N3O/c1-2-17-8-10-20(11-9-17)25-21-14-19(15-23-16-21)22(26)24-13-12-18-6-4-3-5-7-18/h6,8-11,14-16,25H,2-5,7,12-13H2,1H3,(H,24,26). The Balaban J connectivity index is 1.55. The Bertz CT molecular complexity index is 765. The molecule has 1 aromatic carbocycles. The second kappa shape index (κ2) is 9.18. The van der Waals surface area contributed by atoms with Crippen molar-refractivity contribution >= 4 is 17.3 Å². The number of hydrogen-bond acceptors (Lipinski definition) is 3. The second-order valence-corrected chi connectivity index (χ2v) is 6.75. The van der Waals surface area contributed by atoms with Crippen LogP contribution < -0.4 is 10.6 Å². The molecule has 1 aliphatic rings. The molecule has 4 heteroatoms. The molecular formula is C22H27N3O. The smallest absolute Gasteiger partial charge is 0.252 e.